The van der Waals surface area contributed by atoms with Crippen LogP contribution >= 0.6 is 11.3 Å². The molecule has 30 heavy (non-hydrogen) atoms. The zero-order valence-corrected chi connectivity index (χ0v) is 18.0. The normalized spacial score (nSPS) is 19.4. The van der Waals surface area contributed by atoms with Gasteiger partial charge in [-0.2, -0.15) is 0 Å². The molecule has 1 aliphatic heterocycles. The maximum Gasteiger partial charge on any atom is 0.336 e. The number of aromatic nitrogens is 2. The molecule has 0 bridgehead atoms. The largest absolute Gasteiger partial charge is 0.341 e. The number of fused-ring (bicyclic) bond motifs is 1. The molecule has 2 atom stereocenters. The second kappa shape index (κ2) is 7.83. The fourth-order valence-electron chi connectivity index (χ4n) is 4.34. The molecule has 0 N–H and O–H groups in total. The van der Waals surface area contributed by atoms with Crippen molar-refractivity contribution in [1.29, 1.82) is 0 Å². The first-order valence-corrected chi connectivity index (χ1v) is 10.9. The van der Waals surface area contributed by atoms with Gasteiger partial charge in [0, 0.05) is 13.1 Å². The van der Waals surface area contributed by atoms with Crippen molar-refractivity contribution in [1.82, 2.24) is 14.0 Å². The molecule has 0 aliphatic carbocycles. The van der Waals surface area contributed by atoms with E-state index in [1.165, 1.54) is 34.1 Å². The molecule has 2 aromatic heterocycles. The second-order valence-electron chi connectivity index (χ2n) is 8.32. The van der Waals surface area contributed by atoms with Crippen molar-refractivity contribution in [3.05, 3.63) is 61.9 Å². The summed E-state index contributed by atoms with van der Waals surface area (Å²) >= 11 is 1.22. The van der Waals surface area contributed by atoms with Crippen LogP contribution in [-0.4, -0.2) is 33.0 Å². The molecule has 158 valence electrons. The number of hydrogen-bond donors (Lipinski definition) is 0. The molecule has 1 fully saturated rings. The highest BCUT2D eigenvalue weighted by Crippen LogP contribution is 2.22. The van der Waals surface area contributed by atoms with Gasteiger partial charge in [-0.15, -0.1) is 11.3 Å². The maximum atomic E-state index is 13.7. The molecule has 1 aromatic carbocycles. The van der Waals surface area contributed by atoms with E-state index in [1.807, 2.05) is 0 Å². The summed E-state index contributed by atoms with van der Waals surface area (Å²) in [5.41, 5.74) is 0.0319. The first kappa shape index (κ1) is 20.5. The van der Waals surface area contributed by atoms with Crippen molar-refractivity contribution in [3.8, 4) is 5.69 Å². The Bertz CT molecular complexity index is 1230. The van der Waals surface area contributed by atoms with E-state index in [0.717, 1.165) is 11.0 Å². The van der Waals surface area contributed by atoms with Crippen molar-refractivity contribution in [2.45, 2.75) is 33.7 Å². The van der Waals surface area contributed by atoms with Crippen molar-refractivity contribution in [2.75, 3.05) is 13.1 Å². The number of hydrogen-bond acceptors (Lipinski definition) is 4. The molecule has 1 amide bonds. The standard InChI is InChI=1S/C22H24FN3O3S/c1-13-8-14(2)11-24(10-13)19(27)12-25-18-6-7-30-20(18)21(28)26(22(25)29)16-4-5-17(23)15(3)9-16/h4-7,9,13-14H,8,10-12H2,1-3H3/t13-,14-/m0/s1. The fourth-order valence-corrected chi connectivity index (χ4v) is 5.16. The number of benzene rings is 1. The number of rotatable bonds is 3. The smallest absolute Gasteiger partial charge is 0.336 e. The van der Waals surface area contributed by atoms with Crippen LogP contribution in [0.2, 0.25) is 0 Å². The van der Waals surface area contributed by atoms with Gasteiger partial charge in [-0.25, -0.2) is 13.8 Å². The van der Waals surface area contributed by atoms with Crippen LogP contribution in [-0.2, 0) is 11.3 Å². The molecule has 0 saturated carbocycles. The molecular formula is C22H24FN3O3S. The zero-order valence-electron chi connectivity index (χ0n) is 17.2. The zero-order chi connectivity index (χ0) is 21.6. The lowest BCUT2D eigenvalue weighted by molar-refractivity contribution is -0.134. The van der Waals surface area contributed by atoms with Gasteiger partial charge in [-0.05, 0) is 60.4 Å². The summed E-state index contributed by atoms with van der Waals surface area (Å²) in [7, 11) is 0. The Morgan fingerprint density at radius 1 is 1.17 bits per heavy atom. The van der Waals surface area contributed by atoms with Gasteiger partial charge < -0.3 is 4.90 Å². The average Bonchev–Trinajstić information content (AvgIpc) is 3.17. The van der Waals surface area contributed by atoms with Gasteiger partial charge >= 0.3 is 5.69 Å². The number of thiophene rings is 1. The summed E-state index contributed by atoms with van der Waals surface area (Å²) in [6.45, 7) is 7.02. The van der Waals surface area contributed by atoms with Crippen LogP contribution < -0.4 is 11.2 Å². The number of nitrogens with zero attached hydrogens (tertiary/aromatic N) is 3. The molecule has 3 aromatic rings. The number of halogens is 1. The predicted octanol–water partition coefficient (Wildman–Crippen LogP) is 3.17. The summed E-state index contributed by atoms with van der Waals surface area (Å²) in [5, 5.41) is 1.73. The SMILES string of the molecule is Cc1cc(-n2c(=O)c3sccc3n(CC(=O)N3C[C@@H](C)C[C@H](C)C3)c2=O)ccc1F. The molecule has 1 aliphatic rings. The Morgan fingerprint density at radius 3 is 2.53 bits per heavy atom. The highest BCUT2D eigenvalue weighted by molar-refractivity contribution is 7.17. The number of likely N-dealkylation sites (tertiary alicyclic amines) is 1. The lowest BCUT2D eigenvalue weighted by Crippen LogP contribution is -2.46. The maximum absolute atomic E-state index is 13.7. The Morgan fingerprint density at radius 2 is 1.87 bits per heavy atom. The van der Waals surface area contributed by atoms with Gasteiger partial charge in [0.15, 0.2) is 0 Å². The highest BCUT2D eigenvalue weighted by Gasteiger charge is 2.27. The van der Waals surface area contributed by atoms with Gasteiger partial charge in [0.1, 0.15) is 17.1 Å². The number of piperidine rings is 1. The molecule has 0 spiro atoms. The van der Waals surface area contributed by atoms with Crippen LogP contribution in [0.5, 0.6) is 0 Å². The summed E-state index contributed by atoms with van der Waals surface area (Å²) < 4.78 is 16.5. The minimum absolute atomic E-state index is 0.133. The minimum atomic E-state index is -0.594. The summed E-state index contributed by atoms with van der Waals surface area (Å²) in [6, 6.07) is 5.81. The molecule has 8 heteroatoms. The molecule has 6 nitrogen and oxygen atoms in total. The molecule has 1 saturated heterocycles. The summed E-state index contributed by atoms with van der Waals surface area (Å²) in [5.74, 6) is 0.273. The second-order valence-corrected chi connectivity index (χ2v) is 9.24. The first-order chi connectivity index (χ1) is 14.3. The predicted molar refractivity (Wildman–Crippen MR) is 116 cm³/mol. The van der Waals surface area contributed by atoms with E-state index in [9.17, 15) is 18.8 Å². The Kier molecular flexibility index (Phi) is 5.36. The van der Waals surface area contributed by atoms with Crippen LogP contribution in [0.3, 0.4) is 0 Å². The molecule has 0 unspecified atom stereocenters. The van der Waals surface area contributed by atoms with Crippen molar-refractivity contribution in [2.24, 2.45) is 11.8 Å². The van der Waals surface area contributed by atoms with Crippen LogP contribution in [0, 0.1) is 24.6 Å². The monoisotopic (exact) mass is 429 g/mol. The van der Waals surface area contributed by atoms with Crippen molar-refractivity contribution >= 4 is 27.5 Å². The topological polar surface area (TPSA) is 64.3 Å². The number of amides is 1. The van der Waals surface area contributed by atoms with E-state index < -0.39 is 17.1 Å². The third kappa shape index (κ3) is 3.60. The Labute approximate surface area is 177 Å². The van der Waals surface area contributed by atoms with E-state index in [4.69, 9.17) is 0 Å². The van der Waals surface area contributed by atoms with E-state index in [-0.39, 0.29) is 12.5 Å². The lowest BCUT2D eigenvalue weighted by Gasteiger charge is -2.35. The fraction of sp³-hybridized carbons (Fsp3) is 0.409. The molecular weight excluding hydrogens is 405 g/mol. The quantitative estimate of drug-likeness (QED) is 0.643. The van der Waals surface area contributed by atoms with Gasteiger partial charge in [0.2, 0.25) is 5.91 Å². The van der Waals surface area contributed by atoms with Gasteiger partial charge in [-0.3, -0.25) is 14.2 Å². The Balaban J connectivity index is 1.81. The van der Waals surface area contributed by atoms with E-state index >= 15 is 0 Å². The van der Waals surface area contributed by atoms with Crippen molar-refractivity contribution in [3.63, 3.8) is 0 Å². The lowest BCUT2D eigenvalue weighted by atomic mass is 9.92. The summed E-state index contributed by atoms with van der Waals surface area (Å²) in [4.78, 5) is 41.2. The van der Waals surface area contributed by atoms with E-state index in [2.05, 4.69) is 13.8 Å². The van der Waals surface area contributed by atoms with Gasteiger partial charge in [0.25, 0.3) is 5.56 Å². The number of carbonyl (C=O) groups is 1. The minimum Gasteiger partial charge on any atom is -0.341 e. The summed E-state index contributed by atoms with van der Waals surface area (Å²) in [6.07, 6.45) is 1.08. The van der Waals surface area contributed by atoms with Crippen LogP contribution in [0.25, 0.3) is 15.9 Å². The van der Waals surface area contributed by atoms with Crippen LogP contribution in [0.1, 0.15) is 25.8 Å². The highest BCUT2D eigenvalue weighted by atomic mass is 32.1. The molecule has 3 heterocycles. The number of carbonyl (C=O) groups excluding carboxylic acids is 1. The average molecular weight is 430 g/mol. The van der Waals surface area contributed by atoms with E-state index in [0.29, 0.717) is 46.4 Å². The van der Waals surface area contributed by atoms with E-state index in [1.54, 1.807) is 23.3 Å². The van der Waals surface area contributed by atoms with Crippen molar-refractivity contribution < 1.29 is 9.18 Å². The first-order valence-electron chi connectivity index (χ1n) is 10.0. The van der Waals surface area contributed by atoms with Gasteiger partial charge in [-0.1, -0.05) is 13.8 Å². The molecule has 0 radical (unpaired) electrons. The molecule has 4 rings (SSSR count). The number of aryl methyl sites for hydroxylation is 1. The van der Waals surface area contributed by atoms with Crippen LogP contribution in [0.15, 0.2) is 39.2 Å². The Hall–Kier alpha value is -2.74. The third-order valence-electron chi connectivity index (χ3n) is 5.67. The third-order valence-corrected chi connectivity index (χ3v) is 6.56. The van der Waals surface area contributed by atoms with Crippen LogP contribution in [0.4, 0.5) is 4.39 Å². The van der Waals surface area contributed by atoms with Gasteiger partial charge in [0.05, 0.1) is 11.2 Å².